The third-order valence-electron chi connectivity index (χ3n) is 4.48. The summed E-state index contributed by atoms with van der Waals surface area (Å²) in [6, 6.07) is 4.45. The van der Waals surface area contributed by atoms with Gasteiger partial charge in [-0.15, -0.1) is 0 Å². The summed E-state index contributed by atoms with van der Waals surface area (Å²) < 4.78 is 7.79. The summed E-state index contributed by atoms with van der Waals surface area (Å²) in [6.07, 6.45) is 8.33. The SMILES string of the molecule is O=C(CCC1CCCO1)c1cccn1C1CCNCC1. The molecule has 2 aliphatic rings. The van der Waals surface area contributed by atoms with Gasteiger partial charge in [0, 0.05) is 25.3 Å². The largest absolute Gasteiger partial charge is 0.378 e. The Hall–Kier alpha value is -1.13. The van der Waals surface area contributed by atoms with E-state index in [0.717, 1.165) is 57.5 Å². The van der Waals surface area contributed by atoms with Gasteiger partial charge in [0.2, 0.25) is 0 Å². The molecule has 2 aliphatic heterocycles. The van der Waals surface area contributed by atoms with Gasteiger partial charge in [-0.3, -0.25) is 4.79 Å². The highest BCUT2D eigenvalue weighted by Gasteiger charge is 2.21. The molecule has 3 rings (SSSR count). The van der Waals surface area contributed by atoms with Gasteiger partial charge in [0.05, 0.1) is 11.8 Å². The number of carbonyl (C=O) groups excluding carboxylic acids is 1. The lowest BCUT2D eigenvalue weighted by Gasteiger charge is -2.26. The van der Waals surface area contributed by atoms with Crippen LogP contribution in [0.4, 0.5) is 0 Å². The average molecular weight is 276 g/mol. The zero-order valence-corrected chi connectivity index (χ0v) is 12.0. The lowest BCUT2D eigenvalue weighted by molar-refractivity contribution is 0.0850. The van der Waals surface area contributed by atoms with Crippen LogP contribution < -0.4 is 5.32 Å². The second kappa shape index (κ2) is 6.55. The maximum absolute atomic E-state index is 12.4. The molecule has 1 aromatic rings. The molecule has 3 heterocycles. The third kappa shape index (κ3) is 3.13. The Kier molecular flexibility index (Phi) is 4.53. The van der Waals surface area contributed by atoms with Gasteiger partial charge in [0.25, 0.3) is 0 Å². The van der Waals surface area contributed by atoms with E-state index in [9.17, 15) is 4.79 Å². The molecular weight excluding hydrogens is 252 g/mol. The first-order chi connectivity index (χ1) is 9.84. The minimum Gasteiger partial charge on any atom is -0.378 e. The molecule has 0 radical (unpaired) electrons. The molecule has 2 saturated heterocycles. The lowest BCUT2D eigenvalue weighted by Crippen LogP contribution is -2.30. The summed E-state index contributed by atoms with van der Waals surface area (Å²) in [5.41, 5.74) is 0.884. The predicted octanol–water partition coefficient (Wildman–Crippen LogP) is 2.55. The van der Waals surface area contributed by atoms with E-state index in [0.29, 0.717) is 18.6 Å². The molecule has 20 heavy (non-hydrogen) atoms. The van der Waals surface area contributed by atoms with Crippen molar-refractivity contribution < 1.29 is 9.53 Å². The van der Waals surface area contributed by atoms with E-state index in [1.165, 1.54) is 0 Å². The Balaban J connectivity index is 1.60. The summed E-state index contributed by atoms with van der Waals surface area (Å²) in [5.74, 6) is 0.268. The van der Waals surface area contributed by atoms with Crippen molar-refractivity contribution in [3.8, 4) is 0 Å². The molecule has 1 aromatic heterocycles. The van der Waals surface area contributed by atoms with Crippen LogP contribution in [0.25, 0.3) is 0 Å². The third-order valence-corrected chi connectivity index (χ3v) is 4.48. The van der Waals surface area contributed by atoms with Crippen LogP contribution in [0.2, 0.25) is 0 Å². The summed E-state index contributed by atoms with van der Waals surface area (Å²) >= 11 is 0. The summed E-state index contributed by atoms with van der Waals surface area (Å²) in [5, 5.41) is 3.37. The van der Waals surface area contributed by atoms with Crippen molar-refractivity contribution in [1.82, 2.24) is 9.88 Å². The van der Waals surface area contributed by atoms with E-state index in [1.807, 2.05) is 12.1 Å². The normalized spacial score (nSPS) is 24.1. The predicted molar refractivity (Wildman–Crippen MR) is 78.1 cm³/mol. The van der Waals surface area contributed by atoms with Gasteiger partial charge in [-0.2, -0.15) is 0 Å². The Morgan fingerprint density at radius 1 is 1.35 bits per heavy atom. The highest BCUT2D eigenvalue weighted by molar-refractivity contribution is 5.94. The van der Waals surface area contributed by atoms with Crippen LogP contribution in [0.1, 0.15) is 55.1 Å². The van der Waals surface area contributed by atoms with E-state index in [4.69, 9.17) is 4.74 Å². The van der Waals surface area contributed by atoms with E-state index in [1.54, 1.807) is 0 Å². The quantitative estimate of drug-likeness (QED) is 0.841. The van der Waals surface area contributed by atoms with Gasteiger partial charge in [-0.05, 0) is 57.3 Å². The van der Waals surface area contributed by atoms with E-state index >= 15 is 0 Å². The fourth-order valence-corrected chi connectivity index (χ4v) is 3.33. The smallest absolute Gasteiger partial charge is 0.179 e. The van der Waals surface area contributed by atoms with Gasteiger partial charge in [0.1, 0.15) is 0 Å². The maximum Gasteiger partial charge on any atom is 0.179 e. The number of ketones is 1. The molecule has 0 aromatic carbocycles. The minimum atomic E-state index is 0.268. The molecule has 0 spiro atoms. The minimum absolute atomic E-state index is 0.268. The highest BCUT2D eigenvalue weighted by Crippen LogP contribution is 2.23. The van der Waals surface area contributed by atoms with Crippen LogP contribution in [-0.4, -0.2) is 36.2 Å². The molecule has 0 aliphatic carbocycles. The topological polar surface area (TPSA) is 43.3 Å². The number of nitrogens with one attached hydrogen (secondary N) is 1. The zero-order valence-electron chi connectivity index (χ0n) is 12.0. The summed E-state index contributed by atoms with van der Waals surface area (Å²) in [6.45, 7) is 2.96. The molecule has 2 fully saturated rings. The molecule has 4 nitrogen and oxygen atoms in total. The first kappa shape index (κ1) is 13.8. The molecule has 110 valence electrons. The van der Waals surface area contributed by atoms with Crippen molar-refractivity contribution >= 4 is 5.78 Å². The van der Waals surface area contributed by atoms with Crippen LogP contribution in [0, 0.1) is 0 Å². The van der Waals surface area contributed by atoms with E-state index in [2.05, 4.69) is 16.1 Å². The number of rotatable bonds is 5. The van der Waals surface area contributed by atoms with Crippen LogP contribution in [-0.2, 0) is 4.74 Å². The molecular formula is C16H24N2O2. The summed E-state index contributed by atoms with van der Waals surface area (Å²) in [4.78, 5) is 12.4. The highest BCUT2D eigenvalue weighted by atomic mass is 16.5. The molecule has 4 heteroatoms. The van der Waals surface area contributed by atoms with Gasteiger partial charge < -0.3 is 14.6 Å². The van der Waals surface area contributed by atoms with Crippen LogP contribution in [0.3, 0.4) is 0 Å². The fraction of sp³-hybridized carbons (Fsp3) is 0.688. The second-order valence-corrected chi connectivity index (χ2v) is 5.88. The lowest BCUT2D eigenvalue weighted by atomic mass is 10.0. The number of hydrogen-bond acceptors (Lipinski definition) is 3. The van der Waals surface area contributed by atoms with Crippen molar-refractivity contribution in [2.75, 3.05) is 19.7 Å². The first-order valence-electron chi connectivity index (χ1n) is 7.87. The second-order valence-electron chi connectivity index (χ2n) is 5.88. The number of ether oxygens (including phenoxy) is 1. The van der Waals surface area contributed by atoms with Crippen molar-refractivity contribution in [3.63, 3.8) is 0 Å². The Bertz CT molecular complexity index is 443. The number of Topliss-reactive ketones (excluding diaryl/α,β-unsaturated/α-hetero) is 1. The van der Waals surface area contributed by atoms with Crippen molar-refractivity contribution in [2.45, 2.75) is 50.7 Å². The Morgan fingerprint density at radius 3 is 2.95 bits per heavy atom. The summed E-state index contributed by atoms with van der Waals surface area (Å²) in [7, 11) is 0. The molecule has 1 unspecified atom stereocenters. The molecule has 0 amide bonds. The number of piperidine rings is 1. The van der Waals surface area contributed by atoms with Crippen LogP contribution in [0.5, 0.6) is 0 Å². The standard InChI is InChI=1S/C16H24N2O2/c19-16(6-5-14-3-2-12-20-14)15-4-1-11-18(15)13-7-9-17-10-8-13/h1,4,11,13-14,17H,2-3,5-10,12H2. The number of carbonyl (C=O) groups is 1. The number of nitrogens with zero attached hydrogens (tertiary/aromatic N) is 1. The zero-order chi connectivity index (χ0) is 13.8. The van der Waals surface area contributed by atoms with Gasteiger partial charge >= 0.3 is 0 Å². The molecule has 0 saturated carbocycles. The first-order valence-corrected chi connectivity index (χ1v) is 7.87. The van der Waals surface area contributed by atoms with Crippen LogP contribution >= 0.6 is 0 Å². The molecule has 1 N–H and O–H groups in total. The maximum atomic E-state index is 12.4. The van der Waals surface area contributed by atoms with Crippen molar-refractivity contribution in [3.05, 3.63) is 24.0 Å². The van der Waals surface area contributed by atoms with Crippen LogP contribution in [0.15, 0.2) is 18.3 Å². The molecule has 0 bridgehead atoms. The molecule has 1 atom stereocenters. The van der Waals surface area contributed by atoms with E-state index < -0.39 is 0 Å². The Labute approximate surface area is 120 Å². The monoisotopic (exact) mass is 276 g/mol. The van der Waals surface area contributed by atoms with Gasteiger partial charge in [-0.25, -0.2) is 0 Å². The van der Waals surface area contributed by atoms with Gasteiger partial charge in [-0.1, -0.05) is 0 Å². The average Bonchev–Trinajstić information content (AvgIpc) is 3.17. The number of hydrogen-bond donors (Lipinski definition) is 1. The number of aromatic nitrogens is 1. The fourth-order valence-electron chi connectivity index (χ4n) is 3.33. The Morgan fingerprint density at radius 2 is 2.20 bits per heavy atom. The van der Waals surface area contributed by atoms with E-state index in [-0.39, 0.29) is 5.78 Å². The van der Waals surface area contributed by atoms with Gasteiger partial charge in [0.15, 0.2) is 5.78 Å². The van der Waals surface area contributed by atoms with Crippen molar-refractivity contribution in [2.24, 2.45) is 0 Å². The van der Waals surface area contributed by atoms with Crippen molar-refractivity contribution in [1.29, 1.82) is 0 Å².